The second kappa shape index (κ2) is 10.1. The summed E-state index contributed by atoms with van der Waals surface area (Å²) in [6.07, 6.45) is 0.971. The Morgan fingerprint density at radius 2 is 1.80 bits per heavy atom. The number of carbonyl (C=O) groups excluding carboxylic acids is 1. The Labute approximate surface area is 209 Å². The van der Waals surface area contributed by atoms with Gasteiger partial charge in [0.25, 0.3) is 5.91 Å². The van der Waals surface area contributed by atoms with Crippen LogP contribution in [0.3, 0.4) is 0 Å². The molecule has 7 heteroatoms. The van der Waals surface area contributed by atoms with E-state index >= 15 is 0 Å². The minimum absolute atomic E-state index is 0.0736. The first-order chi connectivity index (χ1) is 16.6. The number of nitrogens with zero attached hydrogens (tertiary/aromatic N) is 1. The minimum Gasteiger partial charge on any atom is -0.487 e. The van der Waals surface area contributed by atoms with Gasteiger partial charge in [-0.2, -0.15) is 0 Å². The van der Waals surface area contributed by atoms with Crippen molar-refractivity contribution in [2.45, 2.75) is 45.3 Å². The highest BCUT2D eigenvalue weighted by molar-refractivity contribution is 6.30. The fraction of sp³-hybridized carbons (Fsp3) is 0.286. The summed E-state index contributed by atoms with van der Waals surface area (Å²) < 4.78 is 19.7. The first-order valence-corrected chi connectivity index (χ1v) is 11.8. The maximum atomic E-state index is 13.5. The van der Waals surface area contributed by atoms with Crippen LogP contribution in [-0.2, 0) is 24.2 Å². The highest BCUT2D eigenvalue weighted by Crippen LogP contribution is 2.38. The van der Waals surface area contributed by atoms with Crippen molar-refractivity contribution in [2.24, 2.45) is 0 Å². The van der Waals surface area contributed by atoms with Crippen molar-refractivity contribution in [3.63, 3.8) is 0 Å². The van der Waals surface area contributed by atoms with Gasteiger partial charge in [-0.1, -0.05) is 47.5 Å². The molecule has 5 nitrogen and oxygen atoms in total. The van der Waals surface area contributed by atoms with E-state index in [4.69, 9.17) is 16.3 Å². The van der Waals surface area contributed by atoms with Crippen LogP contribution in [0.2, 0.25) is 5.02 Å². The smallest absolute Gasteiger partial charge is 0.305 e. The number of benzene rings is 3. The lowest BCUT2D eigenvalue weighted by Crippen LogP contribution is -2.33. The molecule has 3 aromatic carbocycles. The fourth-order valence-corrected chi connectivity index (χ4v) is 4.62. The number of carboxylic acids is 1. The number of fused-ring (bicyclic) bond motifs is 1. The Hall–Kier alpha value is -3.38. The van der Waals surface area contributed by atoms with Crippen LogP contribution in [0.4, 0.5) is 4.39 Å². The molecule has 0 unspecified atom stereocenters. The van der Waals surface area contributed by atoms with Crippen molar-refractivity contribution < 1.29 is 23.8 Å². The average Bonchev–Trinajstić information content (AvgIpc) is 3.14. The van der Waals surface area contributed by atoms with Crippen molar-refractivity contribution >= 4 is 23.5 Å². The molecule has 4 rings (SSSR count). The number of carboxylic acid groups (broad SMARTS) is 1. The molecule has 0 bridgehead atoms. The predicted octanol–water partition coefficient (Wildman–Crippen LogP) is 5.84. The van der Waals surface area contributed by atoms with Crippen molar-refractivity contribution in [3.05, 3.63) is 99.3 Å². The molecule has 1 aliphatic heterocycles. The number of halogens is 2. The largest absolute Gasteiger partial charge is 0.487 e. The maximum absolute atomic E-state index is 13.5. The second-order valence-electron chi connectivity index (χ2n) is 9.33. The molecule has 0 spiro atoms. The lowest BCUT2D eigenvalue weighted by molar-refractivity contribution is -0.137. The molecule has 0 saturated carbocycles. The SMILES string of the molecule is Cc1ccc(CN(CCC(=O)O)C(=O)c2ccc3c(c2)C[C@](C)(Cc2ccc(F)c(Cl)c2)O3)cc1. The summed E-state index contributed by atoms with van der Waals surface area (Å²) in [7, 11) is 0. The third-order valence-electron chi connectivity index (χ3n) is 6.17. The summed E-state index contributed by atoms with van der Waals surface area (Å²) in [4.78, 5) is 26.1. The standard InChI is InChI=1S/C28H27ClFNO4/c1-18-3-5-19(6-4-18)17-31(12-11-26(32)33)27(34)21-8-10-25-22(14-21)16-28(2,35-25)15-20-7-9-24(30)23(29)13-20/h3-10,13-14H,11-12,15-17H2,1-2H3,(H,32,33)/t28-/m0/s1. The molecule has 182 valence electrons. The Morgan fingerprint density at radius 3 is 2.49 bits per heavy atom. The monoisotopic (exact) mass is 495 g/mol. The van der Waals surface area contributed by atoms with Gasteiger partial charge in [-0.25, -0.2) is 4.39 Å². The zero-order valence-corrected chi connectivity index (χ0v) is 20.4. The van der Waals surface area contributed by atoms with Gasteiger partial charge < -0.3 is 14.7 Å². The van der Waals surface area contributed by atoms with Crippen molar-refractivity contribution in [2.75, 3.05) is 6.54 Å². The van der Waals surface area contributed by atoms with Crippen LogP contribution in [-0.4, -0.2) is 34.0 Å². The van der Waals surface area contributed by atoms with Crippen LogP contribution in [0.1, 0.15) is 46.0 Å². The second-order valence-corrected chi connectivity index (χ2v) is 9.74. The molecule has 1 N–H and O–H groups in total. The topological polar surface area (TPSA) is 66.8 Å². The van der Waals surface area contributed by atoms with E-state index in [9.17, 15) is 19.1 Å². The average molecular weight is 496 g/mol. The summed E-state index contributed by atoms with van der Waals surface area (Å²) in [5.74, 6) is -0.940. The Balaban J connectivity index is 1.52. The van der Waals surface area contributed by atoms with Gasteiger partial charge >= 0.3 is 5.97 Å². The van der Waals surface area contributed by atoms with Crippen LogP contribution in [0.15, 0.2) is 60.7 Å². The molecule has 0 saturated heterocycles. The van der Waals surface area contributed by atoms with E-state index in [0.29, 0.717) is 30.7 Å². The molecule has 3 aromatic rings. The van der Waals surface area contributed by atoms with Crippen LogP contribution >= 0.6 is 11.6 Å². The number of hydrogen-bond acceptors (Lipinski definition) is 3. The zero-order chi connectivity index (χ0) is 25.2. The van der Waals surface area contributed by atoms with E-state index in [1.54, 1.807) is 29.2 Å². The van der Waals surface area contributed by atoms with Gasteiger partial charge in [0.2, 0.25) is 0 Å². The highest BCUT2D eigenvalue weighted by Gasteiger charge is 2.35. The van der Waals surface area contributed by atoms with E-state index < -0.39 is 17.4 Å². The van der Waals surface area contributed by atoms with Gasteiger partial charge in [0.15, 0.2) is 0 Å². The summed E-state index contributed by atoms with van der Waals surface area (Å²) in [5.41, 5.74) is 3.74. The van der Waals surface area contributed by atoms with Gasteiger partial charge in [-0.3, -0.25) is 9.59 Å². The predicted molar refractivity (Wildman–Crippen MR) is 132 cm³/mol. The first kappa shape index (κ1) is 24.7. The van der Waals surface area contributed by atoms with Gasteiger partial charge in [-0.15, -0.1) is 0 Å². The summed E-state index contributed by atoms with van der Waals surface area (Å²) >= 11 is 5.94. The molecule has 0 aromatic heterocycles. The van der Waals surface area contributed by atoms with Crippen LogP contribution in [0.25, 0.3) is 0 Å². The van der Waals surface area contributed by atoms with Crippen molar-refractivity contribution in [3.8, 4) is 5.75 Å². The summed E-state index contributed by atoms with van der Waals surface area (Å²) in [6, 6.07) is 17.8. The van der Waals surface area contributed by atoms with Gasteiger partial charge in [0.1, 0.15) is 17.2 Å². The molecular formula is C28H27ClFNO4. The van der Waals surface area contributed by atoms with Crippen LogP contribution < -0.4 is 4.74 Å². The van der Waals surface area contributed by atoms with Crippen LogP contribution in [0, 0.1) is 12.7 Å². The van der Waals surface area contributed by atoms with E-state index in [2.05, 4.69) is 0 Å². The molecule has 0 aliphatic carbocycles. The summed E-state index contributed by atoms with van der Waals surface area (Å²) in [5, 5.41) is 9.25. The van der Waals surface area contributed by atoms with E-state index in [-0.39, 0.29) is 23.9 Å². The van der Waals surface area contributed by atoms with Crippen LogP contribution in [0.5, 0.6) is 5.75 Å². The van der Waals surface area contributed by atoms with E-state index in [1.165, 1.54) is 6.07 Å². The quantitative estimate of drug-likeness (QED) is 0.426. The number of rotatable bonds is 8. The highest BCUT2D eigenvalue weighted by atomic mass is 35.5. The summed E-state index contributed by atoms with van der Waals surface area (Å²) in [6.45, 7) is 4.40. The molecule has 1 amide bonds. The fourth-order valence-electron chi connectivity index (χ4n) is 4.41. The molecule has 0 fully saturated rings. The molecular weight excluding hydrogens is 469 g/mol. The van der Waals surface area contributed by atoms with E-state index in [0.717, 1.165) is 22.3 Å². The number of amides is 1. The minimum atomic E-state index is -0.953. The van der Waals surface area contributed by atoms with Crippen molar-refractivity contribution in [1.82, 2.24) is 4.90 Å². The first-order valence-electron chi connectivity index (χ1n) is 11.4. The number of aliphatic carboxylic acids is 1. The molecule has 1 heterocycles. The van der Waals surface area contributed by atoms with Crippen molar-refractivity contribution in [1.29, 1.82) is 0 Å². The third-order valence-corrected chi connectivity index (χ3v) is 6.46. The molecule has 35 heavy (non-hydrogen) atoms. The van der Waals surface area contributed by atoms with E-state index in [1.807, 2.05) is 44.2 Å². The zero-order valence-electron chi connectivity index (χ0n) is 19.7. The van der Waals surface area contributed by atoms with Gasteiger partial charge in [0, 0.05) is 31.5 Å². The lowest BCUT2D eigenvalue weighted by Gasteiger charge is -2.24. The third kappa shape index (κ3) is 6.01. The Morgan fingerprint density at radius 1 is 1.09 bits per heavy atom. The molecule has 1 atom stereocenters. The number of carbonyl (C=O) groups is 2. The number of aryl methyl sites for hydroxylation is 1. The normalized spacial score (nSPS) is 16.5. The lowest BCUT2D eigenvalue weighted by atomic mass is 9.91. The molecule has 1 aliphatic rings. The Bertz CT molecular complexity index is 1260. The van der Waals surface area contributed by atoms with Gasteiger partial charge in [-0.05, 0) is 60.9 Å². The van der Waals surface area contributed by atoms with Gasteiger partial charge in [0.05, 0.1) is 11.4 Å². The Kier molecular flexibility index (Phi) is 7.13. The molecule has 0 radical (unpaired) electrons. The maximum Gasteiger partial charge on any atom is 0.305 e. The number of ether oxygens (including phenoxy) is 1. The number of hydrogen-bond donors (Lipinski definition) is 1.